The predicted octanol–water partition coefficient (Wildman–Crippen LogP) is 1.30. The fourth-order valence-corrected chi connectivity index (χ4v) is 5.65. The van der Waals surface area contributed by atoms with Gasteiger partial charge in [-0.05, 0) is 45.0 Å². The third kappa shape index (κ3) is 6.40. The number of fused-ring (bicyclic) bond motifs is 1. The lowest BCUT2D eigenvalue weighted by Crippen LogP contribution is -2.41. The maximum absolute atomic E-state index is 13.9. The van der Waals surface area contributed by atoms with Gasteiger partial charge in [0.1, 0.15) is 54.6 Å². The van der Waals surface area contributed by atoms with Crippen LogP contribution in [0.25, 0.3) is 5.52 Å². The molecule has 0 spiro atoms. The Morgan fingerprint density at radius 3 is 2.69 bits per heavy atom. The fourth-order valence-electron chi connectivity index (χ4n) is 4.15. The molecule has 1 saturated heterocycles. The van der Waals surface area contributed by atoms with E-state index in [4.69, 9.17) is 29.0 Å². The van der Waals surface area contributed by atoms with E-state index < -0.39 is 55.9 Å². The van der Waals surface area contributed by atoms with Crippen LogP contribution in [0.4, 0.5) is 5.82 Å². The molecule has 226 valence electrons. The van der Waals surface area contributed by atoms with Crippen molar-refractivity contribution < 1.29 is 42.8 Å². The Morgan fingerprint density at radius 1 is 1.31 bits per heavy atom. The van der Waals surface area contributed by atoms with Gasteiger partial charge in [-0.1, -0.05) is 18.2 Å². The first-order chi connectivity index (χ1) is 19.8. The van der Waals surface area contributed by atoms with Gasteiger partial charge in [0, 0.05) is 7.11 Å². The van der Waals surface area contributed by atoms with Crippen LogP contribution in [0.1, 0.15) is 26.5 Å². The number of hydrogen-bond acceptors (Lipinski definition) is 13. The van der Waals surface area contributed by atoms with E-state index >= 15 is 0 Å². The maximum Gasteiger partial charge on any atom is 0.459 e. The number of hydrogen-bond donors (Lipinski definition) is 4. The van der Waals surface area contributed by atoms with Crippen LogP contribution in [0.3, 0.4) is 0 Å². The Balaban J connectivity index is 1.54. The van der Waals surface area contributed by atoms with Crippen molar-refractivity contribution in [2.24, 2.45) is 0 Å². The average molecular weight is 605 g/mol. The molecule has 1 aliphatic rings. The minimum Gasteiger partial charge on any atom is -0.461 e. The number of ether oxygens (including phenoxy) is 3. The van der Waals surface area contributed by atoms with Gasteiger partial charge < -0.3 is 34.7 Å². The number of nitrogens with zero attached hydrogens (tertiary/aromatic N) is 4. The number of aromatic nitrogens is 3. The molecule has 1 aliphatic heterocycles. The fraction of sp³-hybridized carbons (Fsp3) is 0.462. The number of nitrogen functional groups attached to an aromatic ring is 1. The van der Waals surface area contributed by atoms with Crippen LogP contribution in [0.2, 0.25) is 0 Å². The number of nitrogens with two attached hydrogens (primary N) is 1. The van der Waals surface area contributed by atoms with Crippen LogP contribution < -0.4 is 15.3 Å². The number of nitriles is 1. The molecule has 0 amide bonds. The van der Waals surface area contributed by atoms with Crippen molar-refractivity contribution in [1.82, 2.24) is 19.7 Å². The van der Waals surface area contributed by atoms with Crippen molar-refractivity contribution in [3.05, 3.63) is 54.5 Å². The Bertz CT molecular complexity index is 1500. The summed E-state index contributed by atoms with van der Waals surface area (Å²) in [4.78, 5) is 16.5. The van der Waals surface area contributed by atoms with Gasteiger partial charge in [0.25, 0.3) is 0 Å². The molecule has 0 saturated carbocycles. The van der Waals surface area contributed by atoms with E-state index in [-0.39, 0.29) is 23.9 Å². The molecule has 2 aromatic heterocycles. The molecule has 0 radical (unpaired) electrons. The molecular formula is C26H33N6O9P. The molecule has 42 heavy (non-hydrogen) atoms. The van der Waals surface area contributed by atoms with Crippen molar-refractivity contribution in [2.45, 2.75) is 56.3 Å². The van der Waals surface area contributed by atoms with Gasteiger partial charge in [0.2, 0.25) is 5.60 Å². The number of benzene rings is 1. The Hall–Kier alpha value is -3.61. The summed E-state index contributed by atoms with van der Waals surface area (Å²) >= 11 is 0. The number of carbonyl (C=O) groups excluding carboxylic acids is 1. The minimum absolute atomic E-state index is 0.0692. The van der Waals surface area contributed by atoms with E-state index in [2.05, 4.69) is 15.2 Å². The molecular weight excluding hydrogens is 571 g/mol. The maximum atomic E-state index is 13.9. The van der Waals surface area contributed by atoms with Crippen LogP contribution in [-0.2, 0) is 33.7 Å². The smallest absolute Gasteiger partial charge is 0.459 e. The van der Waals surface area contributed by atoms with Gasteiger partial charge in [0.05, 0.1) is 17.9 Å². The molecule has 15 nitrogen and oxygen atoms in total. The number of esters is 1. The summed E-state index contributed by atoms with van der Waals surface area (Å²) in [5.74, 6) is -0.468. The number of anilines is 1. The summed E-state index contributed by atoms with van der Waals surface area (Å²) in [5, 5.41) is 38.6. The lowest BCUT2D eigenvalue weighted by molar-refractivity contribution is -0.153. The highest BCUT2D eigenvalue weighted by Gasteiger charge is 2.58. The van der Waals surface area contributed by atoms with Crippen molar-refractivity contribution >= 4 is 25.1 Å². The van der Waals surface area contributed by atoms with E-state index in [9.17, 15) is 24.8 Å². The Kier molecular flexibility index (Phi) is 9.19. The van der Waals surface area contributed by atoms with Gasteiger partial charge in [-0.25, -0.2) is 14.1 Å². The summed E-state index contributed by atoms with van der Waals surface area (Å²) in [6.07, 6.45) is -3.60. The number of nitrogens with one attached hydrogen (secondary N) is 1. The monoisotopic (exact) mass is 604 g/mol. The standard InChI is InChI=1S/C26H33N6O9P/c1-16(24(35)38-14-25(2,3)37-4)31-42(36,41-17-8-6-5-7-9-17)39-12-19-21(33)22(34)26(13-27,40-19)20-11-10-18-23(28)29-15-30-32(18)20/h5-11,15-16,19,21-22,33-34H,12,14H2,1-4H3,(H,31,36)(H2,28,29,30)/t16-,19+,21+,22+,26-,42-/m0/s1. The summed E-state index contributed by atoms with van der Waals surface area (Å²) < 4.78 is 42.8. The molecule has 6 atom stereocenters. The van der Waals surface area contributed by atoms with Crippen LogP contribution >= 0.6 is 7.75 Å². The van der Waals surface area contributed by atoms with Crippen molar-refractivity contribution in [2.75, 3.05) is 26.1 Å². The van der Waals surface area contributed by atoms with Crippen LogP contribution in [0.15, 0.2) is 48.8 Å². The largest absolute Gasteiger partial charge is 0.461 e. The molecule has 0 aliphatic carbocycles. The van der Waals surface area contributed by atoms with Crippen molar-refractivity contribution in [3.8, 4) is 11.8 Å². The molecule has 5 N–H and O–H groups in total. The topological polar surface area (TPSA) is 213 Å². The molecule has 4 rings (SSSR count). The zero-order valence-electron chi connectivity index (χ0n) is 23.4. The van der Waals surface area contributed by atoms with Crippen LogP contribution in [-0.4, -0.2) is 81.1 Å². The highest BCUT2D eigenvalue weighted by Crippen LogP contribution is 2.47. The number of aliphatic hydroxyl groups excluding tert-OH is 2. The second-order valence-corrected chi connectivity index (χ2v) is 11.9. The Morgan fingerprint density at radius 2 is 2.02 bits per heavy atom. The molecule has 3 aromatic rings. The second kappa shape index (κ2) is 12.3. The average Bonchev–Trinajstić information content (AvgIpc) is 3.51. The second-order valence-electron chi connectivity index (χ2n) is 10.2. The molecule has 1 aromatic carbocycles. The highest BCUT2D eigenvalue weighted by molar-refractivity contribution is 7.52. The first-order valence-corrected chi connectivity index (χ1v) is 14.4. The normalized spacial score (nSPS) is 24.5. The van der Waals surface area contributed by atoms with Gasteiger partial charge in [-0.15, -0.1) is 0 Å². The molecule has 0 unspecified atom stereocenters. The van der Waals surface area contributed by atoms with E-state index in [1.54, 1.807) is 32.0 Å². The predicted molar refractivity (Wildman–Crippen MR) is 147 cm³/mol. The van der Waals surface area contributed by atoms with Gasteiger partial charge in [-0.2, -0.15) is 15.4 Å². The molecule has 0 bridgehead atoms. The van der Waals surface area contributed by atoms with Crippen LogP contribution in [0.5, 0.6) is 5.75 Å². The van der Waals surface area contributed by atoms with Gasteiger partial charge in [-0.3, -0.25) is 9.32 Å². The third-order valence-corrected chi connectivity index (χ3v) is 8.33. The lowest BCUT2D eigenvalue weighted by Gasteiger charge is -2.26. The van der Waals surface area contributed by atoms with E-state index in [0.717, 1.165) is 0 Å². The lowest BCUT2D eigenvalue weighted by atomic mass is 9.92. The molecule has 16 heteroatoms. The summed E-state index contributed by atoms with van der Waals surface area (Å²) in [7, 11) is -2.88. The number of rotatable bonds is 12. The first-order valence-electron chi connectivity index (χ1n) is 12.9. The quantitative estimate of drug-likeness (QED) is 0.169. The number of methoxy groups -OCH3 is 1. The zero-order chi connectivity index (χ0) is 30.7. The third-order valence-electron chi connectivity index (χ3n) is 6.68. The minimum atomic E-state index is -4.36. The van der Waals surface area contributed by atoms with Gasteiger partial charge >= 0.3 is 13.7 Å². The van der Waals surface area contributed by atoms with Crippen molar-refractivity contribution in [1.29, 1.82) is 5.26 Å². The van der Waals surface area contributed by atoms with E-state index in [1.807, 2.05) is 6.07 Å². The zero-order valence-corrected chi connectivity index (χ0v) is 24.3. The van der Waals surface area contributed by atoms with E-state index in [0.29, 0.717) is 5.52 Å². The van der Waals surface area contributed by atoms with Crippen molar-refractivity contribution in [3.63, 3.8) is 0 Å². The Labute approximate surface area is 241 Å². The first kappa shape index (κ1) is 31.3. The van der Waals surface area contributed by atoms with Crippen LogP contribution in [0, 0.1) is 11.3 Å². The van der Waals surface area contributed by atoms with Gasteiger partial charge in [0.15, 0.2) is 5.82 Å². The molecule has 3 heterocycles. The summed E-state index contributed by atoms with van der Waals surface area (Å²) in [6.45, 7) is 4.18. The summed E-state index contributed by atoms with van der Waals surface area (Å²) in [6, 6.07) is 11.8. The SMILES string of the molecule is COC(C)(C)COC(=O)[C@H](C)N[P@](=O)(OC[C@H]1O[C@@](C#N)(c2ccc3c(N)ncnn23)[C@H](O)[C@@H]1O)Oc1ccccc1. The number of para-hydroxylation sites is 1. The highest BCUT2D eigenvalue weighted by atomic mass is 31.2. The number of carbonyl (C=O) groups is 1. The van der Waals surface area contributed by atoms with E-state index in [1.165, 1.54) is 49.1 Å². The summed E-state index contributed by atoms with van der Waals surface area (Å²) in [5.41, 5.74) is 3.49. The number of aliphatic hydroxyl groups is 2. The molecule has 1 fully saturated rings.